The molecule has 0 aliphatic carbocycles. The standard InChI is InChI=1S/C57H104O6/c1-4-7-10-13-16-19-22-25-28-31-34-37-40-43-46-49-55(58)61-52-54(63-57(60)51-48-45-42-39-36-33-30-27-24-21-18-15-12-9-6-3)53-62-56(59)50-47-44-41-38-35-32-29-26-23-20-17-14-11-8-5-2/h16,19-20,23,25,28,54H,4-15,17-18,21-22,24,26-27,29-53H2,1-3H3/b19-16-,23-20-,28-25-/t54-/m1/s1. The maximum Gasteiger partial charge on any atom is 0.306 e. The van der Waals surface area contributed by atoms with Gasteiger partial charge in [0.1, 0.15) is 13.2 Å². The van der Waals surface area contributed by atoms with E-state index in [0.717, 1.165) is 77.0 Å². The van der Waals surface area contributed by atoms with E-state index in [1.807, 2.05) is 0 Å². The van der Waals surface area contributed by atoms with Crippen molar-refractivity contribution in [3.05, 3.63) is 36.5 Å². The lowest BCUT2D eigenvalue weighted by molar-refractivity contribution is -0.167. The molecular formula is C57H104O6. The van der Waals surface area contributed by atoms with Crippen LogP contribution in [0.1, 0.15) is 290 Å². The van der Waals surface area contributed by atoms with Crippen LogP contribution in [0.2, 0.25) is 0 Å². The molecule has 0 spiro atoms. The second-order valence-corrected chi connectivity index (χ2v) is 18.5. The maximum absolute atomic E-state index is 12.8. The van der Waals surface area contributed by atoms with Crippen molar-refractivity contribution in [3.63, 3.8) is 0 Å². The Morgan fingerprint density at radius 1 is 0.317 bits per heavy atom. The van der Waals surface area contributed by atoms with E-state index in [9.17, 15) is 14.4 Å². The van der Waals surface area contributed by atoms with Gasteiger partial charge < -0.3 is 14.2 Å². The fraction of sp³-hybridized carbons (Fsp3) is 0.842. The van der Waals surface area contributed by atoms with E-state index in [-0.39, 0.29) is 31.1 Å². The SMILES string of the molecule is CCCCC/C=C\C/C=C\CCCCCCCC(=O)OC[C@H](COC(=O)CCCCCCCCC/C=C\CCCCCC)OC(=O)CCCCCCCCCCCCCCCCC. The fourth-order valence-corrected chi connectivity index (χ4v) is 7.94. The van der Waals surface area contributed by atoms with Crippen molar-refractivity contribution in [1.82, 2.24) is 0 Å². The van der Waals surface area contributed by atoms with Gasteiger partial charge in [-0.2, -0.15) is 0 Å². The number of unbranched alkanes of at least 4 members (excludes halogenated alkanes) is 33. The highest BCUT2D eigenvalue weighted by Crippen LogP contribution is 2.16. The zero-order valence-corrected chi connectivity index (χ0v) is 42.1. The van der Waals surface area contributed by atoms with Crippen molar-refractivity contribution >= 4 is 17.9 Å². The molecule has 6 nitrogen and oxygen atoms in total. The van der Waals surface area contributed by atoms with E-state index in [1.165, 1.54) is 173 Å². The summed E-state index contributed by atoms with van der Waals surface area (Å²) in [7, 11) is 0. The predicted molar refractivity (Wildman–Crippen MR) is 270 cm³/mol. The molecule has 0 radical (unpaired) electrons. The van der Waals surface area contributed by atoms with Gasteiger partial charge in [0.25, 0.3) is 0 Å². The summed E-state index contributed by atoms with van der Waals surface area (Å²) in [6, 6.07) is 0. The Morgan fingerprint density at radius 2 is 0.571 bits per heavy atom. The molecule has 0 aromatic heterocycles. The molecule has 0 bridgehead atoms. The molecule has 0 rings (SSSR count). The largest absolute Gasteiger partial charge is 0.462 e. The van der Waals surface area contributed by atoms with Crippen LogP contribution in [0, 0.1) is 0 Å². The van der Waals surface area contributed by atoms with E-state index < -0.39 is 6.10 Å². The van der Waals surface area contributed by atoms with Gasteiger partial charge in [0, 0.05) is 19.3 Å². The molecule has 1 atom stereocenters. The third-order valence-corrected chi connectivity index (χ3v) is 12.1. The third-order valence-electron chi connectivity index (χ3n) is 12.1. The summed E-state index contributed by atoms with van der Waals surface area (Å²) in [6.07, 6.45) is 61.2. The van der Waals surface area contributed by atoms with Crippen LogP contribution < -0.4 is 0 Å². The van der Waals surface area contributed by atoms with Crippen LogP contribution in [0.25, 0.3) is 0 Å². The zero-order chi connectivity index (χ0) is 45.8. The van der Waals surface area contributed by atoms with Crippen molar-refractivity contribution in [2.45, 2.75) is 297 Å². The monoisotopic (exact) mass is 885 g/mol. The molecule has 0 fully saturated rings. The topological polar surface area (TPSA) is 78.9 Å². The first-order chi connectivity index (χ1) is 31.0. The van der Waals surface area contributed by atoms with Crippen LogP contribution in [0.4, 0.5) is 0 Å². The summed E-state index contributed by atoms with van der Waals surface area (Å²) < 4.78 is 16.8. The molecule has 0 saturated heterocycles. The van der Waals surface area contributed by atoms with Crippen LogP contribution in [0.15, 0.2) is 36.5 Å². The van der Waals surface area contributed by atoms with Crippen molar-refractivity contribution in [2.75, 3.05) is 13.2 Å². The number of carbonyl (C=O) groups is 3. The van der Waals surface area contributed by atoms with Crippen LogP contribution in [0.3, 0.4) is 0 Å². The summed E-state index contributed by atoms with van der Waals surface area (Å²) in [5.74, 6) is -0.880. The maximum atomic E-state index is 12.8. The van der Waals surface area contributed by atoms with Gasteiger partial charge in [0.15, 0.2) is 6.10 Å². The number of hydrogen-bond donors (Lipinski definition) is 0. The third kappa shape index (κ3) is 50.5. The van der Waals surface area contributed by atoms with E-state index in [1.54, 1.807) is 0 Å². The highest BCUT2D eigenvalue weighted by molar-refractivity contribution is 5.71. The van der Waals surface area contributed by atoms with Gasteiger partial charge in [0.2, 0.25) is 0 Å². The van der Waals surface area contributed by atoms with Crippen LogP contribution in [0.5, 0.6) is 0 Å². The van der Waals surface area contributed by atoms with Crippen molar-refractivity contribution in [1.29, 1.82) is 0 Å². The molecule has 63 heavy (non-hydrogen) atoms. The Balaban J connectivity index is 4.37. The normalized spacial score (nSPS) is 12.2. The minimum absolute atomic E-state index is 0.0758. The summed E-state index contributed by atoms with van der Waals surface area (Å²) in [5.41, 5.74) is 0. The summed E-state index contributed by atoms with van der Waals surface area (Å²) in [4.78, 5) is 38.1. The summed E-state index contributed by atoms with van der Waals surface area (Å²) in [5, 5.41) is 0. The first-order valence-corrected chi connectivity index (χ1v) is 27.5. The van der Waals surface area contributed by atoms with Gasteiger partial charge in [-0.05, 0) is 77.0 Å². The van der Waals surface area contributed by atoms with Gasteiger partial charge in [-0.15, -0.1) is 0 Å². The molecule has 0 aliphatic rings. The first kappa shape index (κ1) is 60.6. The predicted octanol–water partition coefficient (Wildman–Crippen LogP) is 18.1. The molecule has 6 heteroatoms. The van der Waals surface area contributed by atoms with Crippen LogP contribution in [-0.4, -0.2) is 37.2 Å². The van der Waals surface area contributed by atoms with Gasteiger partial charge in [0.05, 0.1) is 0 Å². The number of ether oxygens (including phenoxy) is 3. The fourth-order valence-electron chi connectivity index (χ4n) is 7.94. The van der Waals surface area contributed by atoms with Gasteiger partial charge >= 0.3 is 17.9 Å². The van der Waals surface area contributed by atoms with Gasteiger partial charge in [-0.25, -0.2) is 0 Å². The number of carbonyl (C=O) groups excluding carboxylic acids is 3. The quantitative estimate of drug-likeness (QED) is 0.0262. The lowest BCUT2D eigenvalue weighted by Gasteiger charge is -2.18. The van der Waals surface area contributed by atoms with E-state index in [4.69, 9.17) is 14.2 Å². The Bertz CT molecular complexity index is 1060. The van der Waals surface area contributed by atoms with E-state index in [2.05, 4.69) is 57.2 Å². The Morgan fingerprint density at radius 3 is 0.937 bits per heavy atom. The van der Waals surface area contributed by atoms with Gasteiger partial charge in [-0.3, -0.25) is 14.4 Å². The van der Waals surface area contributed by atoms with E-state index >= 15 is 0 Å². The molecule has 0 aliphatic heterocycles. The van der Waals surface area contributed by atoms with Crippen molar-refractivity contribution < 1.29 is 28.6 Å². The highest BCUT2D eigenvalue weighted by atomic mass is 16.6. The highest BCUT2D eigenvalue weighted by Gasteiger charge is 2.19. The second-order valence-electron chi connectivity index (χ2n) is 18.5. The minimum Gasteiger partial charge on any atom is -0.462 e. The molecule has 0 saturated carbocycles. The van der Waals surface area contributed by atoms with Gasteiger partial charge in [-0.1, -0.05) is 231 Å². The number of rotatable bonds is 50. The van der Waals surface area contributed by atoms with Crippen molar-refractivity contribution in [3.8, 4) is 0 Å². The number of allylic oxidation sites excluding steroid dienone is 6. The molecular weight excluding hydrogens is 781 g/mol. The van der Waals surface area contributed by atoms with Crippen molar-refractivity contribution in [2.24, 2.45) is 0 Å². The van der Waals surface area contributed by atoms with Crippen LogP contribution >= 0.6 is 0 Å². The Labute approximate surface area is 391 Å². The van der Waals surface area contributed by atoms with E-state index in [0.29, 0.717) is 19.3 Å². The zero-order valence-electron chi connectivity index (χ0n) is 42.1. The smallest absolute Gasteiger partial charge is 0.306 e. The average Bonchev–Trinajstić information content (AvgIpc) is 3.28. The summed E-state index contributed by atoms with van der Waals surface area (Å²) >= 11 is 0. The molecule has 0 unspecified atom stereocenters. The minimum atomic E-state index is -0.776. The lowest BCUT2D eigenvalue weighted by Crippen LogP contribution is -2.30. The number of hydrogen-bond acceptors (Lipinski definition) is 6. The number of esters is 3. The van der Waals surface area contributed by atoms with Crippen LogP contribution in [-0.2, 0) is 28.6 Å². The lowest BCUT2D eigenvalue weighted by atomic mass is 10.0. The average molecular weight is 885 g/mol. The molecule has 0 heterocycles. The molecule has 0 N–H and O–H groups in total. The Kier molecular flexibility index (Phi) is 50.3. The first-order valence-electron chi connectivity index (χ1n) is 27.5. The molecule has 0 amide bonds. The summed E-state index contributed by atoms with van der Waals surface area (Å²) in [6.45, 7) is 6.62. The second kappa shape index (κ2) is 52.3. The molecule has 0 aromatic rings. The molecule has 0 aromatic carbocycles. The Hall–Kier alpha value is -2.37. The molecule has 368 valence electrons.